The van der Waals surface area contributed by atoms with Gasteiger partial charge in [0.15, 0.2) is 8.07 Å². The fraction of sp³-hybridized carbons (Fsp3) is 0.156. The van der Waals surface area contributed by atoms with Crippen LogP contribution in [-0.4, -0.2) is 12.6 Å². The Morgan fingerprint density at radius 1 is 0.433 bits per heavy atom. The van der Waals surface area contributed by atoms with Crippen molar-refractivity contribution < 1.29 is 0 Å². The monoisotopic (exact) mass is 876 g/mol. The lowest BCUT2D eigenvalue weighted by Crippen LogP contribution is -2.74. The molecule has 9 aromatic carbocycles. The van der Waals surface area contributed by atoms with E-state index in [9.17, 15) is 0 Å². The highest BCUT2D eigenvalue weighted by Gasteiger charge is 2.75. The van der Waals surface area contributed by atoms with Gasteiger partial charge in [0.2, 0.25) is 0 Å². The third-order valence-electron chi connectivity index (χ3n) is 16.9. The summed E-state index contributed by atoms with van der Waals surface area (Å²) in [6, 6.07) is 87.7. The molecule has 0 radical (unpaired) electrons. The van der Waals surface area contributed by atoms with E-state index in [1.807, 2.05) is 0 Å². The van der Waals surface area contributed by atoms with Crippen molar-refractivity contribution >= 4 is 67.7 Å². The van der Waals surface area contributed by atoms with Gasteiger partial charge in [0.25, 0.3) is 0 Å². The van der Waals surface area contributed by atoms with Crippen molar-refractivity contribution in [2.45, 2.75) is 38.0 Å². The summed E-state index contributed by atoms with van der Waals surface area (Å²) in [4.78, 5) is 2.61. The van der Waals surface area contributed by atoms with Crippen LogP contribution in [0, 0.1) is 23.2 Å². The second-order valence-corrected chi connectivity index (χ2v) is 24.1. The Morgan fingerprint density at radius 3 is 1.60 bits per heavy atom. The van der Waals surface area contributed by atoms with Crippen LogP contribution in [0.1, 0.15) is 43.7 Å². The molecular weight excluding hydrogens is 825 g/mol. The molecule has 3 fully saturated rings. The Labute approximate surface area is 394 Å². The van der Waals surface area contributed by atoms with E-state index in [4.69, 9.17) is 0 Å². The highest BCUT2D eigenvalue weighted by molar-refractivity contribution is 7.19. The predicted molar refractivity (Wildman–Crippen MR) is 282 cm³/mol. The van der Waals surface area contributed by atoms with Crippen LogP contribution in [0.2, 0.25) is 0 Å². The van der Waals surface area contributed by atoms with Gasteiger partial charge in [-0.15, -0.1) is 0 Å². The average molecular weight is 877 g/mol. The molecule has 2 nitrogen and oxygen atoms in total. The number of anilines is 3. The molecule has 0 amide bonds. The number of para-hydroxylation sites is 2. The van der Waals surface area contributed by atoms with Gasteiger partial charge in [0.05, 0.1) is 22.4 Å². The largest absolute Gasteiger partial charge is 0.310 e. The van der Waals surface area contributed by atoms with Crippen LogP contribution >= 0.6 is 0 Å². The Bertz CT molecular complexity index is 3380. The summed E-state index contributed by atoms with van der Waals surface area (Å²) < 4.78 is 2.53. The van der Waals surface area contributed by atoms with Crippen molar-refractivity contribution in [2.24, 2.45) is 23.2 Å². The molecule has 1 aromatic heterocycles. The molecule has 10 aromatic rings. The van der Waals surface area contributed by atoms with Crippen LogP contribution in [-0.2, 0) is 5.41 Å². The second kappa shape index (κ2) is 14.6. The average Bonchev–Trinajstić information content (AvgIpc) is 3.90. The van der Waals surface area contributed by atoms with Gasteiger partial charge in [-0.1, -0.05) is 183 Å². The Balaban J connectivity index is 0.997. The summed E-state index contributed by atoms with van der Waals surface area (Å²) >= 11 is 0. The van der Waals surface area contributed by atoms with Crippen molar-refractivity contribution in [3.63, 3.8) is 0 Å². The Kier molecular flexibility index (Phi) is 8.53. The van der Waals surface area contributed by atoms with Gasteiger partial charge in [-0.3, -0.25) is 0 Å². The number of fused-ring (bicyclic) bond motifs is 10. The predicted octanol–water partition coefficient (Wildman–Crippen LogP) is 13.4. The number of rotatable bonds is 7. The molecule has 2 bridgehead atoms. The van der Waals surface area contributed by atoms with E-state index >= 15 is 0 Å². The van der Waals surface area contributed by atoms with E-state index in [1.165, 1.54) is 102 Å². The van der Waals surface area contributed by atoms with Crippen LogP contribution in [0.5, 0.6) is 0 Å². The summed E-state index contributed by atoms with van der Waals surface area (Å²) in [5, 5.41) is 8.01. The molecule has 4 atom stereocenters. The molecule has 322 valence electrons. The molecule has 3 heteroatoms. The molecule has 0 N–H and O–H groups in total. The Morgan fingerprint density at radius 2 is 0.970 bits per heavy atom. The fourth-order valence-corrected chi connectivity index (χ4v) is 19.4. The number of hydrogen-bond acceptors (Lipinski definition) is 1. The molecule has 67 heavy (non-hydrogen) atoms. The van der Waals surface area contributed by atoms with Crippen molar-refractivity contribution in [2.75, 3.05) is 4.90 Å². The standard InChI is InChI=1S/C64H52N2Si/c1-44-37-47-42-63(41-44)43-62(63)64(47)56-29-14-16-31-60(56)66(61-32-17-15-30-57(61)64)49-34-36-59-55(40-49)54-38-46(45-19-6-2-7-20-45)33-35-58(54)65(59)48-21-18-28-53(39-48)67(50-22-8-3-9-23-50,51-24-10-4-11-25-51)52-26-12-5-13-27-52/h2-36,38-40,44,47,62H,37,41-43H2,1H3/t44-,47?,62+,63-/m1/s1. The maximum Gasteiger partial charge on any atom is 0.179 e. The van der Waals surface area contributed by atoms with E-state index in [2.05, 4.69) is 247 Å². The third-order valence-corrected chi connectivity index (χ3v) is 21.7. The number of aromatic nitrogens is 1. The fourth-order valence-electron chi connectivity index (χ4n) is 14.6. The van der Waals surface area contributed by atoms with Gasteiger partial charge in [-0.2, -0.15) is 0 Å². The molecule has 14 rings (SSSR count). The zero-order valence-corrected chi connectivity index (χ0v) is 38.9. The van der Waals surface area contributed by atoms with Crippen molar-refractivity contribution in [3.05, 3.63) is 242 Å². The normalized spacial score (nSPS) is 21.0. The van der Waals surface area contributed by atoms with Crippen LogP contribution in [0.4, 0.5) is 17.1 Å². The molecule has 1 unspecified atom stereocenters. The van der Waals surface area contributed by atoms with Gasteiger partial charge in [-0.05, 0) is 146 Å². The zero-order chi connectivity index (χ0) is 44.3. The first-order chi connectivity index (χ1) is 33.1. The summed E-state index contributed by atoms with van der Waals surface area (Å²) in [6.45, 7) is 2.52. The molecular formula is C64H52N2Si. The quantitative estimate of drug-likeness (QED) is 0.114. The SMILES string of the molecule is C[C@@H]1CC2C[C@]3(C1)C[C@@H]3C21c2ccccc2N(c2ccc3c(c2)c2cc(-c4ccccc4)ccc2n3-c2cccc([Si](c3ccccc3)(c3ccccc3)c3ccccc3)c2)c2ccccc21. The number of nitrogens with zero attached hydrogens (tertiary/aromatic N) is 2. The van der Waals surface area contributed by atoms with Crippen molar-refractivity contribution in [3.8, 4) is 16.8 Å². The highest BCUT2D eigenvalue weighted by Crippen LogP contribution is 2.82. The topological polar surface area (TPSA) is 8.17 Å². The van der Waals surface area contributed by atoms with Crippen LogP contribution in [0.3, 0.4) is 0 Å². The van der Waals surface area contributed by atoms with Crippen LogP contribution in [0.25, 0.3) is 38.6 Å². The molecule has 3 saturated carbocycles. The minimum Gasteiger partial charge on any atom is -0.310 e. The first kappa shape index (κ1) is 39.0. The lowest BCUT2D eigenvalue weighted by atomic mass is 9.60. The second-order valence-electron chi connectivity index (χ2n) is 20.3. The van der Waals surface area contributed by atoms with Crippen LogP contribution in [0.15, 0.2) is 231 Å². The van der Waals surface area contributed by atoms with E-state index in [1.54, 1.807) is 11.1 Å². The first-order valence-electron chi connectivity index (χ1n) is 24.5. The molecule has 1 aliphatic heterocycles. The lowest BCUT2D eigenvalue weighted by molar-refractivity contribution is 0.200. The first-order valence-corrected chi connectivity index (χ1v) is 26.5. The smallest absolute Gasteiger partial charge is 0.179 e. The summed E-state index contributed by atoms with van der Waals surface area (Å²) in [5.74, 6) is 2.19. The number of benzene rings is 9. The minimum atomic E-state index is -2.78. The zero-order valence-electron chi connectivity index (χ0n) is 37.9. The summed E-state index contributed by atoms with van der Waals surface area (Å²) in [7, 11) is -2.78. The van der Waals surface area contributed by atoms with Gasteiger partial charge in [0.1, 0.15) is 0 Å². The molecule has 4 aliphatic rings. The minimum absolute atomic E-state index is 0.0714. The van der Waals surface area contributed by atoms with Gasteiger partial charge >= 0.3 is 0 Å². The van der Waals surface area contributed by atoms with Gasteiger partial charge < -0.3 is 9.47 Å². The molecule has 0 saturated heterocycles. The van der Waals surface area contributed by atoms with E-state index in [-0.39, 0.29) is 5.41 Å². The van der Waals surface area contributed by atoms with Crippen molar-refractivity contribution in [1.82, 2.24) is 4.57 Å². The Hall–Kier alpha value is -7.20. The molecule has 2 spiro atoms. The maximum atomic E-state index is 2.61. The summed E-state index contributed by atoms with van der Waals surface area (Å²) in [6.07, 6.45) is 5.47. The van der Waals surface area contributed by atoms with E-state index in [0.717, 1.165) is 11.8 Å². The molecule has 2 heterocycles. The summed E-state index contributed by atoms with van der Waals surface area (Å²) in [5.41, 5.74) is 13.7. The molecule has 3 aliphatic carbocycles. The third kappa shape index (κ3) is 5.49. The number of hydrogen-bond donors (Lipinski definition) is 0. The highest BCUT2D eigenvalue weighted by atomic mass is 28.3. The lowest BCUT2D eigenvalue weighted by Gasteiger charge is -2.49. The van der Waals surface area contributed by atoms with Crippen molar-refractivity contribution in [1.29, 1.82) is 0 Å². The van der Waals surface area contributed by atoms with Gasteiger partial charge in [0, 0.05) is 27.6 Å². The van der Waals surface area contributed by atoms with Crippen LogP contribution < -0.4 is 25.6 Å². The van der Waals surface area contributed by atoms with Gasteiger partial charge in [-0.25, -0.2) is 0 Å². The maximum absolute atomic E-state index is 2.78. The van der Waals surface area contributed by atoms with E-state index < -0.39 is 8.07 Å². The van der Waals surface area contributed by atoms with E-state index in [0.29, 0.717) is 11.3 Å².